The Kier molecular flexibility index (Phi) is 8.35. The second kappa shape index (κ2) is 13.6. The molecule has 0 fully saturated rings. The van der Waals surface area contributed by atoms with Gasteiger partial charge >= 0.3 is 0 Å². The van der Waals surface area contributed by atoms with E-state index in [1.54, 1.807) is 0 Å². The van der Waals surface area contributed by atoms with Crippen LogP contribution in [0.25, 0.3) is 64.7 Å². The van der Waals surface area contributed by atoms with Gasteiger partial charge < -0.3 is 4.90 Å². The standard InChI is InChI=1S/C51H37NS/c1-34-17-10-12-23-42(34)44-29-30-47(50(36(44)3)43-24-13-11-18-35(43)2)52(46-26-16-28-49-51(46)45-25-14-15-27-48(45)53-49)41-32-39(37-19-6-4-7-20-37)31-40(33-41)38-21-8-5-9-22-38/h4-10,12-17,19-33H,1-3H3. The van der Waals surface area contributed by atoms with E-state index < -0.39 is 0 Å². The predicted molar refractivity (Wildman–Crippen MR) is 228 cm³/mol. The highest BCUT2D eigenvalue weighted by molar-refractivity contribution is 7.26. The molecule has 8 aromatic carbocycles. The van der Waals surface area contributed by atoms with Gasteiger partial charge in [0.1, 0.15) is 0 Å². The van der Waals surface area contributed by atoms with Gasteiger partial charge in [-0.05, 0) is 125 Å². The summed E-state index contributed by atoms with van der Waals surface area (Å²) in [7, 11) is 0. The average Bonchev–Trinajstić information content (AvgIpc) is 3.59. The highest BCUT2D eigenvalue weighted by Crippen LogP contribution is 2.50. The topological polar surface area (TPSA) is 3.24 Å². The van der Waals surface area contributed by atoms with E-state index in [1.165, 1.54) is 70.2 Å². The molecule has 1 heterocycles. The van der Waals surface area contributed by atoms with E-state index in [0.717, 1.165) is 28.2 Å². The number of aryl methyl sites for hydroxylation is 1. The third-order valence-electron chi connectivity index (χ3n) is 10.4. The number of fused-ring (bicyclic) bond motifs is 3. The lowest BCUT2D eigenvalue weighted by Crippen LogP contribution is -2.13. The maximum atomic E-state index is 3.41. The zero-order chi connectivity index (χ0) is 35.9. The first-order chi connectivity index (χ1) is 26.0. The summed E-state index contributed by atoms with van der Waals surface area (Å²) in [6.07, 6.45) is 0. The lowest BCUT2D eigenvalue weighted by Gasteiger charge is -2.31. The molecule has 0 aliphatic heterocycles. The Balaban J connectivity index is 1.42. The molecule has 0 radical (unpaired) electrons. The quantitative estimate of drug-likeness (QED) is 0.160. The molecule has 9 rings (SSSR count). The lowest BCUT2D eigenvalue weighted by atomic mass is 9.87. The number of anilines is 3. The number of nitrogens with zero attached hydrogens (tertiary/aromatic N) is 1. The van der Waals surface area contributed by atoms with Crippen LogP contribution in [-0.4, -0.2) is 0 Å². The maximum Gasteiger partial charge on any atom is 0.0555 e. The minimum Gasteiger partial charge on any atom is -0.309 e. The molecule has 9 aromatic rings. The average molecular weight is 696 g/mol. The second-order valence-corrected chi connectivity index (χ2v) is 14.8. The number of rotatable bonds is 7. The molecule has 0 N–H and O–H groups in total. The molecule has 2 heteroatoms. The molecule has 0 atom stereocenters. The molecule has 1 nitrogen and oxygen atoms in total. The van der Waals surface area contributed by atoms with Crippen LogP contribution < -0.4 is 4.90 Å². The third kappa shape index (κ3) is 5.86. The Labute approximate surface area is 316 Å². The third-order valence-corrected chi connectivity index (χ3v) is 11.5. The molecule has 0 saturated heterocycles. The van der Waals surface area contributed by atoms with Gasteiger partial charge in [-0.1, -0.05) is 127 Å². The van der Waals surface area contributed by atoms with Crippen LogP contribution in [0.5, 0.6) is 0 Å². The van der Waals surface area contributed by atoms with Crippen LogP contribution in [-0.2, 0) is 0 Å². The molecule has 0 aliphatic carbocycles. The number of hydrogen-bond acceptors (Lipinski definition) is 2. The van der Waals surface area contributed by atoms with Gasteiger partial charge in [-0.2, -0.15) is 0 Å². The zero-order valence-electron chi connectivity index (χ0n) is 30.0. The van der Waals surface area contributed by atoms with Crippen molar-refractivity contribution >= 4 is 48.6 Å². The molecule has 0 spiro atoms. The molecular weight excluding hydrogens is 659 g/mol. The monoisotopic (exact) mass is 695 g/mol. The summed E-state index contributed by atoms with van der Waals surface area (Å²) in [6, 6.07) is 68.3. The number of benzene rings is 7. The fraction of sp³-hybridized carbons (Fsp3) is 0.0588. The van der Waals surface area contributed by atoms with Crippen molar-refractivity contribution in [2.75, 3.05) is 4.90 Å². The first-order valence-corrected chi connectivity index (χ1v) is 18.9. The van der Waals surface area contributed by atoms with Gasteiger partial charge in [0.2, 0.25) is 0 Å². The highest BCUT2D eigenvalue weighted by atomic mass is 32.1. The summed E-state index contributed by atoms with van der Waals surface area (Å²) < 4.78 is 2.55. The Morgan fingerprint density at radius 3 is 1.87 bits per heavy atom. The van der Waals surface area contributed by atoms with Gasteiger partial charge in [-0.3, -0.25) is 0 Å². The molecule has 0 amide bonds. The fourth-order valence-corrected chi connectivity index (χ4v) is 8.94. The van der Waals surface area contributed by atoms with Crippen molar-refractivity contribution in [1.82, 2.24) is 0 Å². The van der Waals surface area contributed by atoms with Gasteiger partial charge in [0, 0.05) is 37.0 Å². The smallest absolute Gasteiger partial charge is 0.0555 e. The van der Waals surface area contributed by atoms with Gasteiger partial charge in [0.25, 0.3) is 0 Å². The van der Waals surface area contributed by atoms with Crippen LogP contribution in [0.4, 0.5) is 17.1 Å². The van der Waals surface area contributed by atoms with Crippen molar-refractivity contribution in [2.24, 2.45) is 0 Å². The van der Waals surface area contributed by atoms with E-state index in [1.807, 2.05) is 17.4 Å². The first kappa shape index (κ1) is 32.5. The summed E-state index contributed by atoms with van der Waals surface area (Å²) in [5, 5.41) is 2.53. The van der Waals surface area contributed by atoms with E-state index in [2.05, 4.69) is 202 Å². The van der Waals surface area contributed by atoms with E-state index in [0.29, 0.717) is 0 Å². The van der Waals surface area contributed by atoms with E-state index >= 15 is 0 Å². The van der Waals surface area contributed by atoms with Crippen molar-refractivity contribution in [3.05, 3.63) is 199 Å². The number of thiophene rings is 1. The molecule has 0 aliphatic rings. The summed E-state index contributed by atoms with van der Waals surface area (Å²) >= 11 is 1.86. The minimum absolute atomic E-state index is 1.07. The summed E-state index contributed by atoms with van der Waals surface area (Å²) in [4.78, 5) is 2.51. The molecule has 0 unspecified atom stereocenters. The molecular formula is C51H37NS. The van der Waals surface area contributed by atoms with E-state index in [-0.39, 0.29) is 0 Å². The molecule has 0 saturated carbocycles. The summed E-state index contributed by atoms with van der Waals surface area (Å²) in [5.74, 6) is 0. The highest BCUT2D eigenvalue weighted by Gasteiger charge is 2.25. The van der Waals surface area contributed by atoms with Crippen molar-refractivity contribution in [3.8, 4) is 44.5 Å². The first-order valence-electron chi connectivity index (χ1n) is 18.1. The molecule has 53 heavy (non-hydrogen) atoms. The van der Waals surface area contributed by atoms with Crippen LogP contribution in [0.1, 0.15) is 16.7 Å². The molecule has 252 valence electrons. The van der Waals surface area contributed by atoms with Crippen molar-refractivity contribution in [1.29, 1.82) is 0 Å². The van der Waals surface area contributed by atoms with Gasteiger partial charge in [-0.15, -0.1) is 11.3 Å². The van der Waals surface area contributed by atoms with Crippen molar-refractivity contribution < 1.29 is 0 Å². The van der Waals surface area contributed by atoms with E-state index in [9.17, 15) is 0 Å². The van der Waals surface area contributed by atoms with Crippen molar-refractivity contribution in [3.63, 3.8) is 0 Å². The van der Waals surface area contributed by atoms with Crippen LogP contribution in [0, 0.1) is 32.9 Å². The lowest BCUT2D eigenvalue weighted by molar-refractivity contribution is 1.28. The Morgan fingerprint density at radius 2 is 1.15 bits per heavy atom. The summed E-state index contributed by atoms with van der Waals surface area (Å²) in [6.45, 7) is 6.63. The zero-order valence-corrected chi connectivity index (χ0v) is 30.8. The molecule has 0 bridgehead atoms. The van der Waals surface area contributed by atoms with Gasteiger partial charge in [-0.25, -0.2) is 0 Å². The van der Waals surface area contributed by atoms with Crippen LogP contribution in [0.2, 0.25) is 0 Å². The molecule has 1 aromatic heterocycles. The Hall–Kier alpha value is -6.40. The van der Waals surface area contributed by atoms with E-state index in [4.69, 9.17) is 0 Å². The Morgan fingerprint density at radius 1 is 0.491 bits per heavy atom. The summed E-state index contributed by atoms with van der Waals surface area (Å²) in [5.41, 5.74) is 16.5. The normalized spacial score (nSPS) is 11.2. The van der Waals surface area contributed by atoms with Gasteiger partial charge in [0.15, 0.2) is 0 Å². The minimum atomic E-state index is 1.07. The van der Waals surface area contributed by atoms with Crippen LogP contribution in [0.3, 0.4) is 0 Å². The largest absolute Gasteiger partial charge is 0.309 e. The second-order valence-electron chi connectivity index (χ2n) is 13.7. The number of hydrogen-bond donors (Lipinski definition) is 0. The fourth-order valence-electron chi connectivity index (χ4n) is 7.81. The van der Waals surface area contributed by atoms with Crippen LogP contribution in [0.15, 0.2) is 170 Å². The Bertz CT molecular complexity index is 2700. The van der Waals surface area contributed by atoms with Gasteiger partial charge in [0.05, 0.1) is 11.4 Å². The van der Waals surface area contributed by atoms with Crippen molar-refractivity contribution in [2.45, 2.75) is 20.8 Å². The SMILES string of the molecule is Cc1c#cccc1-c1c(N(c2cc(-c3ccccc3)cc(-c3ccccc3)c2)c2cccc3sc4ccccc4c23)ccc(-c2ccccc2C)c1C. The maximum absolute atomic E-state index is 3.41. The van der Waals surface area contributed by atoms with Crippen LogP contribution >= 0.6 is 11.3 Å². The predicted octanol–water partition coefficient (Wildman–Crippen LogP) is 14.7.